The van der Waals surface area contributed by atoms with E-state index in [2.05, 4.69) is 20.8 Å². The summed E-state index contributed by atoms with van der Waals surface area (Å²) in [5.74, 6) is 0.820. The molecule has 2 amide bonds. The monoisotopic (exact) mass is 345 g/mol. The molecule has 0 bridgehead atoms. The molecule has 0 unspecified atom stereocenters. The first-order chi connectivity index (χ1) is 11.6. The molecule has 0 aliphatic heterocycles. The van der Waals surface area contributed by atoms with Crippen LogP contribution in [-0.2, 0) is 0 Å². The fourth-order valence-corrected chi connectivity index (χ4v) is 2.41. The number of aryl methyl sites for hydroxylation is 1. The van der Waals surface area contributed by atoms with Crippen LogP contribution in [0.1, 0.15) is 12.5 Å². The summed E-state index contributed by atoms with van der Waals surface area (Å²) in [5.41, 5.74) is 2.10. The Morgan fingerprint density at radius 1 is 1.25 bits per heavy atom. The van der Waals surface area contributed by atoms with E-state index in [1.54, 1.807) is 28.7 Å². The fourth-order valence-electron chi connectivity index (χ4n) is 2.24. The van der Waals surface area contributed by atoms with Crippen LogP contribution in [0.3, 0.4) is 0 Å². The average molecular weight is 346 g/mol. The second-order valence-electron chi connectivity index (χ2n) is 5.05. The summed E-state index contributed by atoms with van der Waals surface area (Å²) in [7, 11) is 0. The molecule has 3 rings (SSSR count). The standard InChI is InChI=1S/C16H16ClN5O2/c1-3-24-14-6-4-5-13-20-21-15(22(13)14)19-16(23)18-12-9-11(17)8-7-10(12)2/h4-9H,3H2,1-2H3,(H2,18,19,21,23). The Labute approximate surface area is 143 Å². The van der Waals surface area contributed by atoms with Crippen LogP contribution in [0.25, 0.3) is 5.65 Å². The Balaban J connectivity index is 1.84. The van der Waals surface area contributed by atoms with E-state index in [1.807, 2.05) is 26.0 Å². The fraction of sp³-hybridized carbons (Fsp3) is 0.188. The number of anilines is 2. The van der Waals surface area contributed by atoms with E-state index in [1.165, 1.54) is 0 Å². The molecule has 2 heterocycles. The number of halogens is 1. The van der Waals surface area contributed by atoms with Gasteiger partial charge in [0, 0.05) is 10.7 Å². The number of urea groups is 1. The number of hydrogen-bond acceptors (Lipinski definition) is 4. The van der Waals surface area contributed by atoms with Gasteiger partial charge in [-0.15, -0.1) is 10.2 Å². The van der Waals surface area contributed by atoms with Crippen LogP contribution in [0.4, 0.5) is 16.4 Å². The topological polar surface area (TPSA) is 80.6 Å². The molecule has 0 saturated heterocycles. The summed E-state index contributed by atoms with van der Waals surface area (Å²) in [4.78, 5) is 12.3. The number of amides is 2. The van der Waals surface area contributed by atoms with Crippen LogP contribution in [0, 0.1) is 6.92 Å². The Morgan fingerprint density at radius 3 is 2.88 bits per heavy atom. The van der Waals surface area contributed by atoms with Crippen LogP contribution < -0.4 is 15.4 Å². The highest BCUT2D eigenvalue weighted by molar-refractivity contribution is 6.31. The van der Waals surface area contributed by atoms with E-state index in [4.69, 9.17) is 16.3 Å². The summed E-state index contributed by atoms with van der Waals surface area (Å²) in [6, 6.07) is 10.2. The van der Waals surface area contributed by atoms with E-state index in [0.717, 1.165) is 5.56 Å². The zero-order valence-electron chi connectivity index (χ0n) is 13.2. The van der Waals surface area contributed by atoms with Crippen LogP contribution in [-0.4, -0.2) is 27.2 Å². The maximum absolute atomic E-state index is 12.3. The molecular weight excluding hydrogens is 330 g/mol. The number of ether oxygens (including phenoxy) is 1. The van der Waals surface area contributed by atoms with E-state index in [-0.39, 0.29) is 5.95 Å². The van der Waals surface area contributed by atoms with E-state index in [9.17, 15) is 4.79 Å². The molecule has 3 aromatic rings. The van der Waals surface area contributed by atoms with Gasteiger partial charge in [-0.2, -0.15) is 0 Å². The lowest BCUT2D eigenvalue weighted by molar-refractivity contribution is 0.262. The largest absolute Gasteiger partial charge is 0.479 e. The van der Waals surface area contributed by atoms with Gasteiger partial charge in [0.2, 0.25) is 11.8 Å². The van der Waals surface area contributed by atoms with Crippen molar-refractivity contribution in [1.29, 1.82) is 0 Å². The number of fused-ring (bicyclic) bond motifs is 1. The second-order valence-corrected chi connectivity index (χ2v) is 5.49. The van der Waals surface area contributed by atoms with Gasteiger partial charge < -0.3 is 10.1 Å². The molecule has 0 radical (unpaired) electrons. The van der Waals surface area contributed by atoms with Gasteiger partial charge in [-0.25, -0.2) is 9.20 Å². The van der Waals surface area contributed by atoms with E-state index in [0.29, 0.717) is 28.8 Å². The molecule has 24 heavy (non-hydrogen) atoms. The van der Waals surface area contributed by atoms with Gasteiger partial charge in [-0.3, -0.25) is 5.32 Å². The number of benzene rings is 1. The molecule has 2 N–H and O–H groups in total. The Hall–Kier alpha value is -2.80. The third-order valence-electron chi connectivity index (χ3n) is 3.36. The number of nitrogens with zero attached hydrogens (tertiary/aromatic N) is 3. The third-order valence-corrected chi connectivity index (χ3v) is 3.59. The molecule has 124 valence electrons. The van der Waals surface area contributed by atoms with Crippen molar-refractivity contribution < 1.29 is 9.53 Å². The van der Waals surface area contributed by atoms with Crippen LogP contribution >= 0.6 is 11.6 Å². The van der Waals surface area contributed by atoms with Gasteiger partial charge in [0.15, 0.2) is 5.65 Å². The molecule has 0 spiro atoms. The maximum atomic E-state index is 12.3. The number of aromatic nitrogens is 3. The van der Waals surface area contributed by atoms with Crippen molar-refractivity contribution in [1.82, 2.24) is 14.6 Å². The van der Waals surface area contributed by atoms with Crippen LogP contribution in [0.5, 0.6) is 5.88 Å². The second kappa shape index (κ2) is 6.76. The molecule has 0 saturated carbocycles. The molecule has 0 fully saturated rings. The predicted molar refractivity (Wildman–Crippen MR) is 93.0 cm³/mol. The van der Waals surface area contributed by atoms with Crippen molar-refractivity contribution in [3.05, 3.63) is 47.0 Å². The molecule has 0 aliphatic carbocycles. The van der Waals surface area contributed by atoms with Crippen molar-refractivity contribution in [2.45, 2.75) is 13.8 Å². The smallest absolute Gasteiger partial charge is 0.326 e. The molecule has 2 aromatic heterocycles. The van der Waals surface area contributed by atoms with Gasteiger partial charge in [0.1, 0.15) is 0 Å². The number of hydrogen-bond donors (Lipinski definition) is 2. The summed E-state index contributed by atoms with van der Waals surface area (Å²) < 4.78 is 7.18. The zero-order valence-corrected chi connectivity index (χ0v) is 14.0. The van der Waals surface area contributed by atoms with Crippen molar-refractivity contribution in [3.63, 3.8) is 0 Å². The number of rotatable bonds is 4. The number of nitrogens with one attached hydrogen (secondary N) is 2. The molecule has 8 heteroatoms. The minimum absolute atomic E-state index is 0.270. The summed E-state index contributed by atoms with van der Waals surface area (Å²) in [5, 5.41) is 14.0. The summed E-state index contributed by atoms with van der Waals surface area (Å²) in [6.45, 7) is 4.25. The van der Waals surface area contributed by atoms with Gasteiger partial charge in [0.25, 0.3) is 0 Å². The lowest BCUT2D eigenvalue weighted by Crippen LogP contribution is -2.21. The van der Waals surface area contributed by atoms with Crippen LogP contribution in [0.15, 0.2) is 36.4 Å². The first-order valence-corrected chi connectivity index (χ1v) is 7.77. The quantitative estimate of drug-likeness (QED) is 0.755. The molecule has 1 aromatic carbocycles. The Kier molecular flexibility index (Phi) is 4.52. The molecule has 0 aliphatic rings. The van der Waals surface area contributed by atoms with Gasteiger partial charge >= 0.3 is 6.03 Å². The predicted octanol–water partition coefficient (Wildman–Crippen LogP) is 3.73. The van der Waals surface area contributed by atoms with Crippen molar-refractivity contribution in [3.8, 4) is 5.88 Å². The molecular formula is C16H16ClN5O2. The van der Waals surface area contributed by atoms with Crippen molar-refractivity contribution >= 4 is 34.9 Å². The SMILES string of the molecule is CCOc1cccc2nnc(NC(=O)Nc3cc(Cl)ccc3C)n12. The van der Waals surface area contributed by atoms with Gasteiger partial charge in [-0.05, 0) is 43.7 Å². The van der Waals surface area contributed by atoms with E-state index < -0.39 is 6.03 Å². The highest BCUT2D eigenvalue weighted by atomic mass is 35.5. The first-order valence-electron chi connectivity index (χ1n) is 7.39. The van der Waals surface area contributed by atoms with Crippen molar-refractivity contribution in [2.75, 3.05) is 17.2 Å². The average Bonchev–Trinajstić information content (AvgIpc) is 2.95. The van der Waals surface area contributed by atoms with E-state index >= 15 is 0 Å². The molecule has 7 nitrogen and oxygen atoms in total. The normalized spacial score (nSPS) is 10.6. The zero-order chi connectivity index (χ0) is 17.1. The maximum Gasteiger partial charge on any atom is 0.326 e. The highest BCUT2D eigenvalue weighted by Gasteiger charge is 2.13. The Bertz CT molecular complexity index is 893. The minimum atomic E-state index is -0.444. The number of carbonyl (C=O) groups excluding carboxylic acids is 1. The van der Waals surface area contributed by atoms with Gasteiger partial charge in [-0.1, -0.05) is 23.7 Å². The van der Waals surface area contributed by atoms with Gasteiger partial charge in [0.05, 0.1) is 6.61 Å². The van der Waals surface area contributed by atoms with Crippen molar-refractivity contribution in [2.24, 2.45) is 0 Å². The minimum Gasteiger partial charge on any atom is -0.479 e. The lowest BCUT2D eigenvalue weighted by Gasteiger charge is -2.11. The third kappa shape index (κ3) is 3.26. The summed E-state index contributed by atoms with van der Waals surface area (Å²) in [6.07, 6.45) is 0. The number of carbonyl (C=O) groups is 1. The van der Waals surface area contributed by atoms with Crippen LogP contribution in [0.2, 0.25) is 5.02 Å². The summed E-state index contributed by atoms with van der Waals surface area (Å²) >= 11 is 5.96. The Morgan fingerprint density at radius 2 is 2.08 bits per heavy atom. The molecule has 0 atom stereocenters. The highest BCUT2D eigenvalue weighted by Crippen LogP contribution is 2.21. The number of pyridine rings is 1. The first kappa shape index (κ1) is 16.1. The lowest BCUT2D eigenvalue weighted by atomic mass is 10.2.